The predicted molar refractivity (Wildman–Crippen MR) is 74.0 cm³/mol. The molecule has 0 N–H and O–H groups in total. The molecule has 0 aliphatic rings. The summed E-state index contributed by atoms with van der Waals surface area (Å²) < 4.78 is 3.95. The van der Waals surface area contributed by atoms with E-state index in [-0.39, 0.29) is 0 Å². The van der Waals surface area contributed by atoms with Crippen molar-refractivity contribution in [1.29, 1.82) is 5.26 Å². The van der Waals surface area contributed by atoms with Crippen LogP contribution in [-0.2, 0) is 13.6 Å². The average molecular weight is 271 g/mol. The van der Waals surface area contributed by atoms with Crippen LogP contribution in [0.3, 0.4) is 0 Å². The van der Waals surface area contributed by atoms with Crippen molar-refractivity contribution in [2.75, 3.05) is 0 Å². The molecule has 3 aromatic rings. The molecule has 0 aliphatic heterocycles. The monoisotopic (exact) mass is 270 g/mol. The van der Waals surface area contributed by atoms with Gasteiger partial charge in [0, 0.05) is 24.1 Å². The van der Waals surface area contributed by atoms with Crippen LogP contribution in [0.4, 0.5) is 0 Å². The number of imidazole rings is 1. The third-order valence-corrected chi connectivity index (χ3v) is 3.59. The zero-order chi connectivity index (χ0) is 13.4. The molecule has 0 aliphatic carbocycles. The van der Waals surface area contributed by atoms with Crippen molar-refractivity contribution in [3.8, 4) is 6.07 Å². The Morgan fingerprint density at radius 2 is 2.21 bits per heavy atom. The van der Waals surface area contributed by atoms with E-state index in [4.69, 9.17) is 16.9 Å². The summed E-state index contributed by atoms with van der Waals surface area (Å²) in [6.45, 7) is 0.651. The van der Waals surface area contributed by atoms with Gasteiger partial charge in [0.05, 0.1) is 24.4 Å². The number of aromatic nitrogens is 3. The van der Waals surface area contributed by atoms with Crippen LogP contribution in [0.1, 0.15) is 11.4 Å². The lowest BCUT2D eigenvalue weighted by Crippen LogP contribution is -2.05. The molecule has 0 spiro atoms. The second kappa shape index (κ2) is 4.45. The SMILES string of the molecule is Cn1c(Cl)cnc1Cn1ccc2cc(C#N)ccc21. The third kappa shape index (κ3) is 1.98. The van der Waals surface area contributed by atoms with Gasteiger partial charge in [0.1, 0.15) is 11.0 Å². The van der Waals surface area contributed by atoms with Crippen molar-refractivity contribution in [3.63, 3.8) is 0 Å². The van der Waals surface area contributed by atoms with E-state index in [1.165, 1.54) is 0 Å². The Hall–Kier alpha value is -2.25. The number of nitrogens with zero attached hydrogens (tertiary/aromatic N) is 4. The van der Waals surface area contributed by atoms with Crippen molar-refractivity contribution in [2.45, 2.75) is 6.54 Å². The fourth-order valence-electron chi connectivity index (χ4n) is 2.13. The molecular formula is C14H11ClN4. The lowest BCUT2D eigenvalue weighted by Gasteiger charge is -2.06. The van der Waals surface area contributed by atoms with Crippen molar-refractivity contribution >= 4 is 22.5 Å². The summed E-state index contributed by atoms with van der Waals surface area (Å²) in [7, 11) is 1.89. The first-order chi connectivity index (χ1) is 9.19. The third-order valence-electron chi connectivity index (χ3n) is 3.24. The Morgan fingerprint density at radius 3 is 2.89 bits per heavy atom. The molecule has 94 valence electrons. The Balaban J connectivity index is 2.02. The quantitative estimate of drug-likeness (QED) is 0.719. The number of halogens is 1. The van der Waals surface area contributed by atoms with E-state index < -0.39 is 0 Å². The smallest absolute Gasteiger partial charge is 0.129 e. The largest absolute Gasteiger partial charge is 0.340 e. The van der Waals surface area contributed by atoms with Gasteiger partial charge in [-0.1, -0.05) is 11.6 Å². The number of nitriles is 1. The van der Waals surface area contributed by atoms with Crippen molar-refractivity contribution in [2.24, 2.45) is 7.05 Å². The molecule has 0 amide bonds. The highest BCUT2D eigenvalue weighted by atomic mass is 35.5. The Bertz CT molecular complexity index is 791. The van der Waals surface area contributed by atoms with Gasteiger partial charge in [0.25, 0.3) is 0 Å². The van der Waals surface area contributed by atoms with Crippen LogP contribution in [0, 0.1) is 11.3 Å². The molecule has 1 aromatic carbocycles. The van der Waals surface area contributed by atoms with E-state index in [0.29, 0.717) is 17.3 Å². The Morgan fingerprint density at radius 1 is 1.37 bits per heavy atom. The maximum atomic E-state index is 8.89. The fraction of sp³-hybridized carbons (Fsp3) is 0.143. The van der Waals surface area contributed by atoms with Gasteiger partial charge in [0.2, 0.25) is 0 Å². The second-order valence-corrected chi connectivity index (χ2v) is 4.77. The Kier molecular flexibility index (Phi) is 2.77. The number of fused-ring (bicyclic) bond motifs is 1. The minimum atomic E-state index is 0.623. The minimum absolute atomic E-state index is 0.623. The van der Waals surface area contributed by atoms with Gasteiger partial charge in [-0.25, -0.2) is 4.98 Å². The van der Waals surface area contributed by atoms with Crippen LogP contribution in [0.2, 0.25) is 5.15 Å². The number of benzene rings is 1. The highest BCUT2D eigenvalue weighted by molar-refractivity contribution is 6.29. The highest BCUT2D eigenvalue weighted by Crippen LogP contribution is 2.19. The van der Waals surface area contributed by atoms with Crippen LogP contribution in [0.15, 0.2) is 36.7 Å². The molecular weight excluding hydrogens is 260 g/mol. The lowest BCUT2D eigenvalue weighted by atomic mass is 10.2. The molecule has 19 heavy (non-hydrogen) atoms. The number of hydrogen-bond acceptors (Lipinski definition) is 2. The summed E-state index contributed by atoms with van der Waals surface area (Å²) >= 11 is 5.98. The van der Waals surface area contributed by atoms with Gasteiger partial charge in [-0.15, -0.1) is 0 Å². The molecule has 0 saturated carbocycles. The summed E-state index contributed by atoms with van der Waals surface area (Å²) in [6, 6.07) is 9.81. The number of hydrogen-bond donors (Lipinski definition) is 0. The second-order valence-electron chi connectivity index (χ2n) is 4.39. The number of rotatable bonds is 2. The highest BCUT2D eigenvalue weighted by Gasteiger charge is 2.07. The van der Waals surface area contributed by atoms with Gasteiger partial charge in [-0.2, -0.15) is 5.26 Å². The molecule has 0 fully saturated rings. The summed E-state index contributed by atoms with van der Waals surface area (Å²) in [4.78, 5) is 4.29. The molecule has 2 aromatic heterocycles. The molecule has 5 heteroatoms. The minimum Gasteiger partial charge on any atom is -0.340 e. The van der Waals surface area contributed by atoms with Gasteiger partial charge in [0.15, 0.2) is 0 Å². The van der Waals surface area contributed by atoms with Crippen LogP contribution in [-0.4, -0.2) is 14.1 Å². The standard InChI is InChI=1S/C14H11ClN4/c1-18-13(15)8-17-14(18)9-19-5-4-11-6-10(7-16)2-3-12(11)19/h2-6,8H,9H2,1H3. The molecule has 0 unspecified atom stereocenters. The normalized spacial score (nSPS) is 10.8. The zero-order valence-electron chi connectivity index (χ0n) is 10.3. The summed E-state index contributed by atoms with van der Waals surface area (Å²) in [5.74, 6) is 0.895. The van der Waals surface area contributed by atoms with E-state index in [1.54, 1.807) is 6.20 Å². The molecule has 4 nitrogen and oxygen atoms in total. The van der Waals surface area contributed by atoms with Gasteiger partial charge in [-0.05, 0) is 24.3 Å². The predicted octanol–water partition coefficient (Wildman–Crippen LogP) is 2.95. The molecule has 0 radical (unpaired) electrons. The van der Waals surface area contributed by atoms with E-state index in [1.807, 2.05) is 42.1 Å². The van der Waals surface area contributed by atoms with E-state index in [9.17, 15) is 0 Å². The van der Waals surface area contributed by atoms with Gasteiger partial charge in [-0.3, -0.25) is 0 Å². The first kappa shape index (κ1) is 11.8. The summed E-state index contributed by atoms with van der Waals surface area (Å²) in [5.41, 5.74) is 1.75. The average Bonchev–Trinajstić information content (AvgIpc) is 2.97. The topological polar surface area (TPSA) is 46.5 Å². The van der Waals surface area contributed by atoms with Gasteiger partial charge < -0.3 is 9.13 Å². The molecule has 0 saturated heterocycles. The van der Waals surface area contributed by atoms with E-state index >= 15 is 0 Å². The zero-order valence-corrected chi connectivity index (χ0v) is 11.1. The summed E-state index contributed by atoms with van der Waals surface area (Å²) in [6.07, 6.45) is 3.64. The fourth-order valence-corrected chi connectivity index (χ4v) is 2.28. The van der Waals surface area contributed by atoms with Gasteiger partial charge >= 0.3 is 0 Å². The van der Waals surface area contributed by atoms with Crippen LogP contribution >= 0.6 is 11.6 Å². The van der Waals surface area contributed by atoms with Crippen molar-refractivity contribution < 1.29 is 0 Å². The maximum absolute atomic E-state index is 8.89. The first-order valence-electron chi connectivity index (χ1n) is 5.84. The van der Waals surface area contributed by atoms with E-state index in [0.717, 1.165) is 16.7 Å². The van der Waals surface area contributed by atoms with Crippen molar-refractivity contribution in [1.82, 2.24) is 14.1 Å². The summed E-state index contributed by atoms with van der Waals surface area (Å²) in [5, 5.41) is 10.6. The molecule has 2 heterocycles. The lowest BCUT2D eigenvalue weighted by molar-refractivity contribution is 0.718. The molecule has 3 rings (SSSR count). The van der Waals surface area contributed by atoms with Crippen LogP contribution in [0.5, 0.6) is 0 Å². The van der Waals surface area contributed by atoms with Crippen LogP contribution < -0.4 is 0 Å². The molecule has 0 bridgehead atoms. The molecule has 0 atom stereocenters. The maximum Gasteiger partial charge on any atom is 0.129 e. The Labute approximate surface area is 115 Å². The first-order valence-corrected chi connectivity index (χ1v) is 6.22. The van der Waals surface area contributed by atoms with Crippen LogP contribution in [0.25, 0.3) is 10.9 Å². The van der Waals surface area contributed by atoms with Crippen molar-refractivity contribution in [3.05, 3.63) is 53.2 Å². The van der Waals surface area contributed by atoms with E-state index in [2.05, 4.69) is 15.6 Å².